The summed E-state index contributed by atoms with van der Waals surface area (Å²) in [5.74, 6) is 0.135. The van der Waals surface area contributed by atoms with Crippen LogP contribution in [0.25, 0.3) is 0 Å². The highest BCUT2D eigenvalue weighted by Gasteiger charge is 2.50. The smallest absolute Gasteiger partial charge is 0.264 e. The Morgan fingerprint density at radius 1 is 1.26 bits per heavy atom. The fourth-order valence-corrected chi connectivity index (χ4v) is 3.77. The monoisotopic (exact) mass is 429 g/mol. The number of carbonyl (C=O) groups is 2. The lowest BCUT2D eigenvalue weighted by molar-refractivity contribution is -0.135. The lowest BCUT2D eigenvalue weighted by atomic mass is 9.88. The van der Waals surface area contributed by atoms with Gasteiger partial charge in [-0.3, -0.25) is 9.59 Å². The van der Waals surface area contributed by atoms with Gasteiger partial charge in [0.25, 0.3) is 5.91 Å². The van der Waals surface area contributed by atoms with Gasteiger partial charge in [-0.05, 0) is 36.4 Å². The third kappa shape index (κ3) is 2.83. The molecule has 0 saturated heterocycles. The molecule has 2 aliphatic heterocycles. The average molecular weight is 430 g/mol. The number of nitrogens with zero attached hydrogens (tertiary/aromatic N) is 1. The van der Waals surface area contributed by atoms with Crippen LogP contribution in [0.2, 0.25) is 0 Å². The van der Waals surface area contributed by atoms with Gasteiger partial charge >= 0.3 is 0 Å². The molecule has 0 bridgehead atoms. The Kier molecular flexibility index (Phi) is 4.28. The van der Waals surface area contributed by atoms with E-state index in [-0.39, 0.29) is 25.5 Å². The molecule has 0 saturated carbocycles. The van der Waals surface area contributed by atoms with Gasteiger partial charge in [-0.15, -0.1) is 6.58 Å². The van der Waals surface area contributed by atoms with Crippen molar-refractivity contribution in [3.63, 3.8) is 0 Å². The van der Waals surface area contributed by atoms with Crippen molar-refractivity contribution in [1.82, 2.24) is 0 Å². The second kappa shape index (κ2) is 6.51. The van der Waals surface area contributed by atoms with Crippen molar-refractivity contribution in [2.75, 3.05) is 18.2 Å². The molecular formula is C20H16BrNO5. The summed E-state index contributed by atoms with van der Waals surface area (Å²) in [6.07, 6.45) is 1.21. The maximum Gasteiger partial charge on any atom is 0.264 e. The van der Waals surface area contributed by atoms with E-state index in [4.69, 9.17) is 9.47 Å². The Morgan fingerprint density at radius 2 is 2.04 bits per heavy atom. The van der Waals surface area contributed by atoms with Gasteiger partial charge < -0.3 is 19.5 Å². The normalized spacial score (nSPS) is 19.9. The number of benzene rings is 2. The Hall–Kier alpha value is -2.64. The number of rotatable bonds is 5. The summed E-state index contributed by atoms with van der Waals surface area (Å²) >= 11 is 3.36. The second-order valence-electron chi connectivity index (χ2n) is 6.39. The van der Waals surface area contributed by atoms with Gasteiger partial charge in [-0.2, -0.15) is 0 Å². The number of aliphatic hydroxyl groups is 1. The summed E-state index contributed by atoms with van der Waals surface area (Å²) in [5.41, 5.74) is -0.614. The minimum absolute atomic E-state index is 0.104. The summed E-state index contributed by atoms with van der Waals surface area (Å²) in [4.78, 5) is 27.2. The number of hydrogen-bond donors (Lipinski definition) is 1. The third-order valence-corrected chi connectivity index (χ3v) is 5.21. The summed E-state index contributed by atoms with van der Waals surface area (Å²) in [7, 11) is 0. The van der Waals surface area contributed by atoms with E-state index < -0.39 is 11.5 Å². The molecule has 2 heterocycles. The summed E-state index contributed by atoms with van der Waals surface area (Å²) in [6.45, 7) is 4.01. The molecule has 4 rings (SSSR count). The number of Topliss-reactive ketones (excluding diaryl/α,β-unsaturated/α-hetero) is 1. The highest BCUT2D eigenvalue weighted by Crippen LogP contribution is 2.44. The van der Waals surface area contributed by atoms with E-state index in [9.17, 15) is 14.7 Å². The molecule has 2 aromatic carbocycles. The first-order chi connectivity index (χ1) is 12.9. The van der Waals surface area contributed by atoms with Gasteiger partial charge in [-0.25, -0.2) is 0 Å². The molecule has 2 aliphatic rings. The molecule has 1 amide bonds. The minimum Gasteiger partial charge on any atom is -0.454 e. The predicted octanol–water partition coefficient (Wildman–Crippen LogP) is 3.17. The molecule has 6 nitrogen and oxygen atoms in total. The largest absolute Gasteiger partial charge is 0.454 e. The molecule has 138 valence electrons. The average Bonchev–Trinajstić information content (AvgIpc) is 3.19. The van der Waals surface area contributed by atoms with E-state index in [1.165, 1.54) is 4.90 Å². The summed E-state index contributed by atoms with van der Waals surface area (Å²) < 4.78 is 11.3. The SMILES string of the molecule is C=CCN1C(=O)C(O)(CC(=O)c2ccc3c(c2)OCO3)c2cc(Br)ccc21. The van der Waals surface area contributed by atoms with Crippen molar-refractivity contribution in [1.29, 1.82) is 0 Å². The van der Waals surface area contributed by atoms with Crippen molar-refractivity contribution < 1.29 is 24.2 Å². The first-order valence-corrected chi connectivity index (χ1v) is 9.11. The number of halogens is 1. The molecule has 2 aromatic rings. The highest BCUT2D eigenvalue weighted by atomic mass is 79.9. The number of anilines is 1. The topological polar surface area (TPSA) is 76.1 Å². The maximum absolute atomic E-state index is 13.0. The van der Waals surface area contributed by atoms with E-state index >= 15 is 0 Å². The van der Waals surface area contributed by atoms with Crippen molar-refractivity contribution in [3.05, 3.63) is 64.7 Å². The number of amides is 1. The Labute approximate surface area is 164 Å². The van der Waals surface area contributed by atoms with Crippen LogP contribution in [0.4, 0.5) is 5.69 Å². The van der Waals surface area contributed by atoms with Gasteiger partial charge in [0.1, 0.15) is 0 Å². The zero-order chi connectivity index (χ0) is 19.2. The quantitative estimate of drug-likeness (QED) is 0.583. The Morgan fingerprint density at radius 3 is 2.81 bits per heavy atom. The molecule has 0 aliphatic carbocycles. The van der Waals surface area contributed by atoms with E-state index in [2.05, 4.69) is 22.5 Å². The molecule has 0 aromatic heterocycles. The highest BCUT2D eigenvalue weighted by molar-refractivity contribution is 9.10. The van der Waals surface area contributed by atoms with Gasteiger partial charge in [0.2, 0.25) is 6.79 Å². The second-order valence-corrected chi connectivity index (χ2v) is 7.31. The summed E-state index contributed by atoms with van der Waals surface area (Å²) in [6, 6.07) is 10.0. The van der Waals surface area contributed by atoms with Gasteiger partial charge in [0, 0.05) is 22.1 Å². The van der Waals surface area contributed by atoms with Crippen LogP contribution < -0.4 is 14.4 Å². The number of carbonyl (C=O) groups excluding carboxylic acids is 2. The van der Waals surface area contributed by atoms with Crippen molar-refractivity contribution >= 4 is 33.3 Å². The zero-order valence-corrected chi connectivity index (χ0v) is 15.9. The predicted molar refractivity (Wildman–Crippen MR) is 102 cm³/mol. The van der Waals surface area contributed by atoms with Crippen LogP contribution in [0.3, 0.4) is 0 Å². The van der Waals surface area contributed by atoms with Crippen LogP contribution >= 0.6 is 15.9 Å². The van der Waals surface area contributed by atoms with Crippen molar-refractivity contribution in [3.8, 4) is 11.5 Å². The first-order valence-electron chi connectivity index (χ1n) is 8.32. The molecule has 1 atom stereocenters. The van der Waals surface area contributed by atoms with Crippen LogP contribution in [0.5, 0.6) is 11.5 Å². The fraction of sp³-hybridized carbons (Fsp3) is 0.200. The molecule has 0 spiro atoms. The summed E-state index contributed by atoms with van der Waals surface area (Å²) in [5, 5.41) is 11.2. The lowest BCUT2D eigenvalue weighted by Crippen LogP contribution is -2.41. The van der Waals surface area contributed by atoms with Crippen molar-refractivity contribution in [2.24, 2.45) is 0 Å². The van der Waals surface area contributed by atoms with Gasteiger partial charge in [-0.1, -0.05) is 22.0 Å². The molecule has 0 fully saturated rings. The van der Waals surface area contributed by atoms with Crippen LogP contribution in [-0.2, 0) is 10.4 Å². The third-order valence-electron chi connectivity index (χ3n) is 4.72. The van der Waals surface area contributed by atoms with Crippen LogP contribution in [0.1, 0.15) is 22.3 Å². The Balaban J connectivity index is 1.70. The van der Waals surface area contributed by atoms with Crippen LogP contribution in [-0.4, -0.2) is 30.1 Å². The first kappa shape index (κ1) is 17.8. The van der Waals surface area contributed by atoms with Crippen LogP contribution in [0, 0.1) is 0 Å². The standard InChI is InChI=1S/C20H16BrNO5/c1-2-7-22-15-5-4-13(21)9-14(15)20(25,19(22)24)10-16(23)12-3-6-17-18(8-12)27-11-26-17/h2-6,8-9,25H,1,7,10-11H2. The Bertz CT molecular complexity index is 973. The molecule has 27 heavy (non-hydrogen) atoms. The lowest BCUT2D eigenvalue weighted by Gasteiger charge is -2.22. The molecule has 0 radical (unpaired) electrons. The van der Waals surface area contributed by atoms with Gasteiger partial charge in [0.05, 0.1) is 12.1 Å². The zero-order valence-electron chi connectivity index (χ0n) is 14.3. The molecule has 1 unspecified atom stereocenters. The van der Waals surface area contributed by atoms with E-state index in [0.29, 0.717) is 32.8 Å². The molecular weight excluding hydrogens is 414 g/mol. The number of ether oxygens (including phenoxy) is 2. The van der Waals surface area contributed by atoms with Gasteiger partial charge in [0.15, 0.2) is 22.9 Å². The van der Waals surface area contributed by atoms with Crippen molar-refractivity contribution in [2.45, 2.75) is 12.0 Å². The van der Waals surface area contributed by atoms with Crippen LogP contribution in [0.15, 0.2) is 53.5 Å². The number of fused-ring (bicyclic) bond motifs is 2. The molecule has 7 heteroatoms. The molecule has 1 N–H and O–H groups in total. The fourth-order valence-electron chi connectivity index (χ4n) is 3.41. The van der Waals surface area contributed by atoms with E-state index in [1.54, 1.807) is 42.5 Å². The number of hydrogen-bond acceptors (Lipinski definition) is 5. The maximum atomic E-state index is 13.0. The van der Waals surface area contributed by atoms with E-state index in [0.717, 1.165) is 0 Å². The van der Waals surface area contributed by atoms with E-state index in [1.807, 2.05) is 0 Å². The number of ketones is 1. The minimum atomic E-state index is -1.93.